The number of aromatic amines is 1. The summed E-state index contributed by atoms with van der Waals surface area (Å²) in [4.78, 5) is 23.1. The molecule has 0 fully saturated rings. The van der Waals surface area contributed by atoms with E-state index < -0.39 is 0 Å². The fraction of sp³-hybridized carbons (Fsp3) is 0.0566. The summed E-state index contributed by atoms with van der Waals surface area (Å²) in [6, 6.07) is 126. The van der Waals surface area contributed by atoms with Gasteiger partial charge in [0.1, 0.15) is 0 Å². The van der Waals surface area contributed by atoms with Crippen LogP contribution in [-0.4, -0.2) is 38.6 Å². The highest BCUT2D eigenvalue weighted by atomic mass is 35.5. The summed E-state index contributed by atoms with van der Waals surface area (Å²) in [7, 11) is 0. The zero-order valence-corrected chi connectivity index (χ0v) is 64.4. The number of rotatable bonds is 7. The molecule has 1 N–H and O–H groups in total. The van der Waals surface area contributed by atoms with E-state index in [1.807, 2.05) is 24.3 Å². The molecule has 9 heteroatoms. The average Bonchev–Trinajstić information content (AvgIpc) is 1.58. The van der Waals surface area contributed by atoms with Gasteiger partial charge in [0.15, 0.2) is 0 Å². The Morgan fingerprint density at radius 2 is 0.704 bits per heavy atom. The zero-order chi connectivity index (χ0) is 76.8. The molecule has 22 aromatic rings. The molecule has 2 aliphatic rings. The van der Waals surface area contributed by atoms with E-state index in [1.165, 1.54) is 143 Å². The first-order valence-electron chi connectivity index (χ1n) is 39.3. The molecular weight excluding hydrogens is 1420 g/mol. The van der Waals surface area contributed by atoms with Crippen molar-refractivity contribution in [2.75, 3.05) is 0 Å². The quantitative estimate of drug-likeness (QED) is 0.161. The zero-order valence-electron chi connectivity index (χ0n) is 63.6. The Hall–Kier alpha value is -14.3. The lowest BCUT2D eigenvalue weighted by Gasteiger charge is -2.22. The predicted octanol–water partition coefficient (Wildman–Crippen LogP) is 27.8. The predicted molar refractivity (Wildman–Crippen MR) is 480 cm³/mol. The van der Waals surface area contributed by atoms with Gasteiger partial charge in [0.2, 0.25) is 11.2 Å². The Balaban J connectivity index is 0.000000116. The average molecular weight is 1490 g/mol. The van der Waals surface area contributed by atoms with E-state index in [0.717, 1.165) is 66.6 Å². The largest absolute Gasteiger partial charge is 0.354 e. The Kier molecular flexibility index (Phi) is 15.5. The number of hydrogen-bond acceptors (Lipinski definition) is 4. The van der Waals surface area contributed by atoms with Crippen molar-refractivity contribution < 1.29 is 0 Å². The number of halogens is 1. The van der Waals surface area contributed by atoms with E-state index in [0.29, 0.717) is 5.95 Å². The number of para-hydroxylation sites is 4. The van der Waals surface area contributed by atoms with Gasteiger partial charge in [0, 0.05) is 99.8 Å². The summed E-state index contributed by atoms with van der Waals surface area (Å²) in [5, 5.41) is 14.7. The van der Waals surface area contributed by atoms with E-state index in [-0.39, 0.29) is 16.1 Å². The maximum absolute atomic E-state index is 6.14. The molecule has 0 aliphatic heterocycles. The molecular formula is C106H73ClN8. The van der Waals surface area contributed by atoms with Crippen LogP contribution in [0.1, 0.15) is 49.9 Å². The fourth-order valence-corrected chi connectivity index (χ4v) is 18.8. The van der Waals surface area contributed by atoms with E-state index in [2.05, 4.69) is 396 Å². The van der Waals surface area contributed by atoms with E-state index >= 15 is 0 Å². The molecule has 0 bridgehead atoms. The van der Waals surface area contributed by atoms with Crippen molar-refractivity contribution in [3.05, 3.63) is 392 Å². The van der Waals surface area contributed by atoms with Crippen molar-refractivity contribution in [2.45, 2.75) is 38.5 Å². The molecule has 0 radical (unpaired) electrons. The van der Waals surface area contributed by atoms with E-state index in [1.54, 1.807) is 0 Å². The van der Waals surface area contributed by atoms with Gasteiger partial charge in [-0.05, 0) is 185 Å². The Morgan fingerprint density at radius 3 is 1.29 bits per heavy atom. The molecule has 0 spiro atoms. The third kappa shape index (κ3) is 11.0. The number of benzene rings is 16. The van der Waals surface area contributed by atoms with Gasteiger partial charge < -0.3 is 14.1 Å². The van der Waals surface area contributed by atoms with Crippen molar-refractivity contribution in [1.82, 2.24) is 38.6 Å². The van der Waals surface area contributed by atoms with Gasteiger partial charge in [-0.3, -0.25) is 4.57 Å². The summed E-state index contributed by atoms with van der Waals surface area (Å²) in [6.07, 6.45) is 4.40. The normalized spacial score (nSPS) is 13.1. The summed E-state index contributed by atoms with van der Waals surface area (Å²) < 4.78 is 6.91. The lowest BCUT2D eigenvalue weighted by atomic mass is 9.82. The molecule has 8 nitrogen and oxygen atoms in total. The molecule has 16 aromatic carbocycles. The molecule has 0 saturated carbocycles. The van der Waals surface area contributed by atoms with Crippen LogP contribution in [0.5, 0.6) is 0 Å². The highest BCUT2D eigenvalue weighted by Gasteiger charge is 2.37. The highest BCUT2D eigenvalue weighted by Crippen LogP contribution is 2.52. The fourth-order valence-electron chi connectivity index (χ4n) is 18.7. The topological polar surface area (TPSA) is 82.1 Å². The molecule has 0 unspecified atom stereocenters. The molecule has 6 heterocycles. The van der Waals surface area contributed by atoms with Gasteiger partial charge in [-0.1, -0.05) is 295 Å². The Bertz CT molecular complexity index is 7730. The minimum atomic E-state index is -0.0774. The van der Waals surface area contributed by atoms with Crippen LogP contribution in [0.4, 0.5) is 0 Å². The smallest absolute Gasteiger partial charge is 0.235 e. The van der Waals surface area contributed by atoms with Crippen LogP contribution in [0.3, 0.4) is 0 Å². The van der Waals surface area contributed by atoms with Gasteiger partial charge in [0.05, 0.1) is 44.5 Å². The summed E-state index contributed by atoms with van der Waals surface area (Å²) >= 11 is 6.14. The number of aromatic nitrogens is 8. The SMILES string of the molecule is CC1(C)c2ccccc2-c2ccc(-n3ccc4cc5c(cc43)[nH]c3ccccc35)cc21.CC1(C)c2ccccc2-c2ccc(-n3ccc4cc5c6ccccc6n(-c6nc(-c7ccc(-c8cccc9ccccc89)cc7)c7ccccc7n6)c5cc43)cc21.Clc1nc(-c2ccc(-c3cccc4ccccc34)cc2)c2ccccc2n1. The van der Waals surface area contributed by atoms with Crippen LogP contribution in [0.2, 0.25) is 5.28 Å². The van der Waals surface area contributed by atoms with E-state index in [9.17, 15) is 0 Å². The molecule has 0 amide bonds. The molecule has 0 saturated heterocycles. The monoisotopic (exact) mass is 1490 g/mol. The second kappa shape index (κ2) is 26.4. The van der Waals surface area contributed by atoms with Crippen LogP contribution in [0, 0.1) is 0 Å². The maximum atomic E-state index is 6.14. The third-order valence-corrected chi connectivity index (χ3v) is 24.5. The molecule has 0 atom stereocenters. The van der Waals surface area contributed by atoms with Crippen LogP contribution >= 0.6 is 11.6 Å². The van der Waals surface area contributed by atoms with Gasteiger partial charge in [-0.25, -0.2) is 19.9 Å². The third-order valence-electron chi connectivity index (χ3n) is 24.4. The second-order valence-corrected chi connectivity index (χ2v) is 31.9. The molecule has 6 aromatic heterocycles. The first-order valence-corrected chi connectivity index (χ1v) is 39.7. The van der Waals surface area contributed by atoms with Crippen molar-refractivity contribution in [2.24, 2.45) is 0 Å². The summed E-state index contributed by atoms with van der Waals surface area (Å²) in [5.74, 6) is 0.655. The summed E-state index contributed by atoms with van der Waals surface area (Å²) in [6.45, 7) is 9.36. The van der Waals surface area contributed by atoms with Crippen LogP contribution < -0.4 is 0 Å². The van der Waals surface area contributed by atoms with Crippen molar-refractivity contribution in [3.63, 3.8) is 0 Å². The molecule has 115 heavy (non-hydrogen) atoms. The van der Waals surface area contributed by atoms with E-state index in [4.69, 9.17) is 21.6 Å². The first kappa shape index (κ1) is 67.6. The van der Waals surface area contributed by atoms with Crippen molar-refractivity contribution >= 4 is 120 Å². The standard InChI is InChI=1S/C53H36N4.C29H22N2.C24H15ClN2/c1-53(2)45-19-8-5-15-40(45)41-27-26-37(31-46(41)53)56-29-28-36-30-44-42-16-7-10-21-48(42)57(50(44)32-49(36)56)52-54-47-20-9-6-17-43(47)51(55-52)35-24-22-34(23-25-35)39-18-11-13-33-12-3-4-14-38(33)39;1-29(2)24-9-5-3-7-20(24)21-12-11-19(16-25(21)29)31-14-13-18-15-23-22-8-4-6-10-26(22)30-27(23)17-28(18)31;25-24-26-22-11-4-3-9-21(22)23(27-24)18-14-12-17(13-15-18)20-10-5-7-16-6-1-2-8-19(16)20/h3-32H,1-2H3;3-17,30H,1-2H3;1-15H. The summed E-state index contributed by atoms with van der Waals surface area (Å²) in [5.41, 5.74) is 30.6. The first-order chi connectivity index (χ1) is 56.4. The number of H-pyrrole nitrogens is 1. The van der Waals surface area contributed by atoms with Crippen LogP contribution in [0.25, 0.3) is 193 Å². The van der Waals surface area contributed by atoms with Gasteiger partial charge in [0.25, 0.3) is 0 Å². The lowest BCUT2D eigenvalue weighted by molar-refractivity contribution is 0.659. The van der Waals surface area contributed by atoms with Crippen molar-refractivity contribution in [1.29, 1.82) is 0 Å². The van der Waals surface area contributed by atoms with Crippen molar-refractivity contribution in [3.8, 4) is 84.3 Å². The highest BCUT2D eigenvalue weighted by molar-refractivity contribution is 6.29. The number of nitrogens with one attached hydrogen (secondary N) is 1. The number of hydrogen-bond donors (Lipinski definition) is 1. The molecule has 2 aliphatic carbocycles. The second-order valence-electron chi connectivity index (χ2n) is 31.5. The minimum Gasteiger partial charge on any atom is -0.354 e. The lowest BCUT2D eigenvalue weighted by Crippen LogP contribution is -2.15. The van der Waals surface area contributed by atoms with Gasteiger partial charge in [-0.2, -0.15) is 0 Å². The maximum Gasteiger partial charge on any atom is 0.235 e. The minimum absolute atomic E-state index is 0.00927. The Morgan fingerprint density at radius 1 is 0.270 bits per heavy atom. The van der Waals surface area contributed by atoms with Crippen LogP contribution in [0.15, 0.2) is 364 Å². The molecule has 24 rings (SSSR count). The van der Waals surface area contributed by atoms with Crippen LogP contribution in [-0.2, 0) is 10.8 Å². The Labute approximate surface area is 669 Å². The van der Waals surface area contributed by atoms with Gasteiger partial charge >= 0.3 is 0 Å². The molecule has 544 valence electrons. The van der Waals surface area contributed by atoms with Gasteiger partial charge in [-0.15, -0.1) is 0 Å². The number of nitrogens with zero attached hydrogens (tertiary/aromatic N) is 7. The number of fused-ring (bicyclic) bond motifs is 18.